The summed E-state index contributed by atoms with van der Waals surface area (Å²) in [4.78, 5) is 24.8. The summed E-state index contributed by atoms with van der Waals surface area (Å²) in [6.07, 6.45) is 1.09. The van der Waals surface area contributed by atoms with Crippen molar-refractivity contribution in [1.29, 1.82) is 0 Å². The van der Waals surface area contributed by atoms with Gasteiger partial charge < -0.3 is 14.8 Å². The van der Waals surface area contributed by atoms with Crippen molar-refractivity contribution in [3.05, 3.63) is 65.2 Å². The van der Waals surface area contributed by atoms with Crippen molar-refractivity contribution < 1.29 is 27.5 Å². The number of ether oxygens (including phenoxy) is 2. The highest BCUT2D eigenvalue weighted by atomic mass is 32.2. The molecule has 0 bridgehead atoms. The Labute approximate surface area is 170 Å². The minimum atomic E-state index is -3.22. The molecule has 1 unspecified atom stereocenters. The molecule has 0 saturated heterocycles. The largest absolute Gasteiger partial charge is 0.497 e. The Morgan fingerprint density at radius 2 is 1.83 bits per heavy atom. The summed E-state index contributed by atoms with van der Waals surface area (Å²) in [6, 6.07) is 12.8. The number of benzene rings is 2. The first-order chi connectivity index (χ1) is 13.7. The van der Waals surface area contributed by atoms with Crippen molar-refractivity contribution in [3.8, 4) is 5.75 Å². The molecule has 0 fully saturated rings. The van der Waals surface area contributed by atoms with Crippen molar-refractivity contribution in [1.82, 2.24) is 5.32 Å². The molecule has 7 nitrogen and oxygen atoms in total. The molecule has 0 aromatic heterocycles. The van der Waals surface area contributed by atoms with Crippen LogP contribution in [0.25, 0.3) is 0 Å². The van der Waals surface area contributed by atoms with Gasteiger partial charge in [-0.2, -0.15) is 0 Å². The smallest absolute Gasteiger partial charge is 0.308 e. The minimum absolute atomic E-state index is 0.0459. The maximum atomic E-state index is 12.8. The lowest BCUT2D eigenvalue weighted by atomic mass is 10.0. The Kier molecular flexibility index (Phi) is 7.78. The van der Waals surface area contributed by atoms with Crippen molar-refractivity contribution in [2.24, 2.45) is 0 Å². The second kappa shape index (κ2) is 10.1. The highest BCUT2D eigenvalue weighted by Gasteiger charge is 2.21. The molecule has 0 radical (unpaired) electrons. The predicted octanol–water partition coefficient (Wildman–Crippen LogP) is 2.66. The number of hydrogen-bond acceptors (Lipinski definition) is 6. The normalized spacial score (nSPS) is 12.1. The van der Waals surface area contributed by atoms with Crippen LogP contribution in [0.5, 0.6) is 5.75 Å². The molecule has 2 aromatic rings. The zero-order valence-corrected chi connectivity index (χ0v) is 17.5. The molecule has 156 valence electrons. The molecule has 0 aliphatic carbocycles. The lowest BCUT2D eigenvalue weighted by Crippen LogP contribution is -2.30. The van der Waals surface area contributed by atoms with Crippen LogP contribution in [-0.4, -0.2) is 40.3 Å². The van der Waals surface area contributed by atoms with Crippen LogP contribution in [0.15, 0.2) is 48.5 Å². The van der Waals surface area contributed by atoms with Crippen LogP contribution in [0.4, 0.5) is 0 Å². The Hall–Kier alpha value is -2.87. The first kappa shape index (κ1) is 22.4. The molecule has 0 spiro atoms. The third kappa shape index (κ3) is 7.23. The fraction of sp³-hybridized carbons (Fsp3) is 0.333. The SMILES string of the molecule is CCOC(=O)CC(NC(=O)c1cccc(CS(C)(=O)=O)c1)c1cccc(OC)c1. The second-order valence-corrected chi connectivity index (χ2v) is 8.72. The van der Waals surface area contributed by atoms with Gasteiger partial charge in [0.25, 0.3) is 5.91 Å². The Balaban J connectivity index is 2.26. The topological polar surface area (TPSA) is 98.8 Å². The summed E-state index contributed by atoms with van der Waals surface area (Å²) in [5, 5.41) is 2.84. The van der Waals surface area contributed by atoms with E-state index in [1.807, 2.05) is 0 Å². The third-order valence-corrected chi connectivity index (χ3v) is 4.95. The molecule has 0 aliphatic heterocycles. The van der Waals surface area contributed by atoms with Gasteiger partial charge in [-0.05, 0) is 42.3 Å². The summed E-state index contributed by atoms with van der Waals surface area (Å²) in [5.74, 6) is -0.416. The summed E-state index contributed by atoms with van der Waals surface area (Å²) in [6.45, 7) is 1.95. The van der Waals surface area contributed by atoms with Crippen molar-refractivity contribution in [2.75, 3.05) is 20.0 Å². The van der Waals surface area contributed by atoms with Gasteiger partial charge in [0.05, 0.1) is 31.9 Å². The standard InChI is InChI=1S/C21H25NO6S/c1-4-28-20(23)13-19(16-8-6-10-18(12-16)27-2)22-21(24)17-9-5-7-15(11-17)14-29(3,25)26/h5-12,19H,4,13-14H2,1-3H3,(H,22,24). The molecule has 0 saturated carbocycles. The Morgan fingerprint density at radius 1 is 1.10 bits per heavy atom. The molecule has 8 heteroatoms. The maximum absolute atomic E-state index is 12.8. The molecule has 2 rings (SSSR count). The van der Waals surface area contributed by atoms with Gasteiger partial charge in [-0.3, -0.25) is 9.59 Å². The number of amides is 1. The fourth-order valence-corrected chi connectivity index (χ4v) is 3.63. The minimum Gasteiger partial charge on any atom is -0.497 e. The van der Waals surface area contributed by atoms with Crippen LogP contribution in [0, 0.1) is 0 Å². The lowest BCUT2D eigenvalue weighted by molar-refractivity contribution is -0.143. The number of sulfone groups is 1. The van der Waals surface area contributed by atoms with Crippen molar-refractivity contribution in [2.45, 2.75) is 25.1 Å². The number of methoxy groups -OCH3 is 1. The summed E-state index contributed by atoms with van der Waals surface area (Å²) in [7, 11) is -1.69. The van der Waals surface area contributed by atoms with Crippen molar-refractivity contribution in [3.63, 3.8) is 0 Å². The average Bonchev–Trinajstić information content (AvgIpc) is 2.66. The van der Waals surface area contributed by atoms with Crippen LogP contribution in [0.1, 0.15) is 40.9 Å². The van der Waals surface area contributed by atoms with E-state index in [2.05, 4.69) is 5.32 Å². The third-order valence-electron chi connectivity index (χ3n) is 4.10. The van der Waals surface area contributed by atoms with Crippen LogP contribution in [-0.2, 0) is 25.1 Å². The van der Waals surface area contributed by atoms with Gasteiger partial charge in [0.2, 0.25) is 0 Å². The molecule has 2 aromatic carbocycles. The number of esters is 1. The van der Waals surface area contributed by atoms with E-state index >= 15 is 0 Å². The summed E-state index contributed by atoms with van der Waals surface area (Å²) >= 11 is 0. The van der Waals surface area contributed by atoms with Gasteiger partial charge in [0, 0.05) is 11.8 Å². The molecule has 1 amide bonds. The molecule has 29 heavy (non-hydrogen) atoms. The van der Waals surface area contributed by atoms with Gasteiger partial charge in [-0.1, -0.05) is 24.3 Å². The zero-order chi connectivity index (χ0) is 21.4. The van der Waals surface area contributed by atoms with E-state index in [0.29, 0.717) is 22.4 Å². The first-order valence-corrected chi connectivity index (χ1v) is 11.1. The maximum Gasteiger partial charge on any atom is 0.308 e. The van der Waals surface area contributed by atoms with Gasteiger partial charge in [0.1, 0.15) is 5.75 Å². The van der Waals surface area contributed by atoms with E-state index in [9.17, 15) is 18.0 Å². The van der Waals surface area contributed by atoms with E-state index in [1.165, 1.54) is 13.2 Å². The lowest BCUT2D eigenvalue weighted by Gasteiger charge is -2.19. The van der Waals surface area contributed by atoms with Gasteiger partial charge >= 0.3 is 5.97 Å². The van der Waals surface area contributed by atoms with Crippen molar-refractivity contribution >= 4 is 21.7 Å². The highest BCUT2D eigenvalue weighted by Crippen LogP contribution is 2.23. The van der Waals surface area contributed by atoms with E-state index in [4.69, 9.17) is 9.47 Å². The molecule has 1 atom stereocenters. The highest BCUT2D eigenvalue weighted by molar-refractivity contribution is 7.89. The number of hydrogen-bond donors (Lipinski definition) is 1. The summed E-state index contributed by atoms with van der Waals surface area (Å²) < 4.78 is 33.3. The second-order valence-electron chi connectivity index (χ2n) is 6.58. The van der Waals surface area contributed by atoms with Gasteiger partial charge in [-0.15, -0.1) is 0 Å². The van der Waals surface area contributed by atoms with Gasteiger partial charge in [0.15, 0.2) is 9.84 Å². The van der Waals surface area contributed by atoms with Gasteiger partial charge in [-0.25, -0.2) is 8.42 Å². The van der Waals surface area contributed by atoms with Crippen LogP contribution >= 0.6 is 0 Å². The fourth-order valence-electron chi connectivity index (χ4n) is 2.84. The first-order valence-electron chi connectivity index (χ1n) is 9.09. The molecular formula is C21H25NO6S. The number of nitrogens with one attached hydrogen (secondary N) is 1. The quantitative estimate of drug-likeness (QED) is 0.628. The Bertz CT molecular complexity index is 971. The molecule has 1 N–H and O–H groups in total. The molecule has 0 heterocycles. The zero-order valence-electron chi connectivity index (χ0n) is 16.7. The summed E-state index contributed by atoms with van der Waals surface area (Å²) in [5.41, 5.74) is 1.52. The molecular weight excluding hydrogens is 394 g/mol. The monoisotopic (exact) mass is 419 g/mol. The molecule has 0 aliphatic rings. The van der Waals surface area contributed by atoms with Crippen LogP contribution in [0.3, 0.4) is 0 Å². The number of carbonyl (C=O) groups excluding carboxylic acids is 2. The van der Waals surface area contributed by atoms with E-state index in [1.54, 1.807) is 49.4 Å². The van der Waals surface area contributed by atoms with Crippen LogP contribution in [0.2, 0.25) is 0 Å². The number of carbonyl (C=O) groups is 2. The van der Waals surface area contributed by atoms with E-state index in [-0.39, 0.29) is 18.8 Å². The number of rotatable bonds is 9. The Morgan fingerprint density at radius 3 is 2.48 bits per heavy atom. The van der Waals surface area contributed by atoms with E-state index < -0.39 is 27.8 Å². The average molecular weight is 419 g/mol. The predicted molar refractivity (Wildman–Crippen MR) is 109 cm³/mol. The van der Waals surface area contributed by atoms with E-state index in [0.717, 1.165) is 6.26 Å². The van der Waals surface area contributed by atoms with Crippen LogP contribution < -0.4 is 10.1 Å².